The number of hydrogen-bond acceptors (Lipinski definition) is 3. The topological polar surface area (TPSA) is 58.4 Å². The Bertz CT molecular complexity index is 534. The van der Waals surface area contributed by atoms with E-state index in [0.29, 0.717) is 6.54 Å². The number of likely N-dealkylation sites (tertiary alicyclic amines) is 1. The van der Waals surface area contributed by atoms with Crippen LogP contribution in [0.1, 0.15) is 51.3 Å². The maximum absolute atomic E-state index is 12.6. The second-order valence-corrected chi connectivity index (χ2v) is 7.24. The number of nitrogens with zero attached hydrogens (tertiary/aromatic N) is 1. The zero-order valence-corrected chi connectivity index (χ0v) is 16.2. The van der Waals surface area contributed by atoms with Gasteiger partial charge in [-0.05, 0) is 56.3 Å². The molecule has 1 aliphatic rings. The summed E-state index contributed by atoms with van der Waals surface area (Å²) in [6, 6.07) is 8.40. The molecule has 4 nitrogen and oxygen atoms in total. The van der Waals surface area contributed by atoms with Crippen molar-refractivity contribution < 1.29 is 4.79 Å². The van der Waals surface area contributed by atoms with Gasteiger partial charge in [-0.1, -0.05) is 38.1 Å². The van der Waals surface area contributed by atoms with E-state index < -0.39 is 0 Å². The van der Waals surface area contributed by atoms with Crippen molar-refractivity contribution in [2.75, 3.05) is 19.6 Å². The number of halogens is 1. The summed E-state index contributed by atoms with van der Waals surface area (Å²) in [6.07, 6.45) is 2.10. The van der Waals surface area contributed by atoms with Crippen LogP contribution in [0.5, 0.6) is 0 Å². The zero-order chi connectivity index (χ0) is 17.0. The van der Waals surface area contributed by atoms with Crippen molar-refractivity contribution in [1.29, 1.82) is 0 Å². The molecule has 24 heavy (non-hydrogen) atoms. The number of benzene rings is 1. The Labute approximate surface area is 152 Å². The van der Waals surface area contributed by atoms with E-state index in [0.717, 1.165) is 31.5 Å². The lowest BCUT2D eigenvalue weighted by Crippen LogP contribution is -2.45. The summed E-state index contributed by atoms with van der Waals surface area (Å²) in [4.78, 5) is 14.8. The van der Waals surface area contributed by atoms with Crippen LogP contribution in [0.2, 0.25) is 0 Å². The minimum atomic E-state index is -0.110. The fourth-order valence-corrected chi connectivity index (χ4v) is 3.18. The normalized spacial score (nSPS) is 23.4. The van der Waals surface area contributed by atoms with E-state index in [1.165, 1.54) is 5.56 Å². The second kappa shape index (κ2) is 8.84. The second-order valence-electron chi connectivity index (χ2n) is 7.24. The maximum Gasteiger partial charge on any atom is 0.237 e. The van der Waals surface area contributed by atoms with Crippen LogP contribution >= 0.6 is 12.4 Å². The van der Waals surface area contributed by atoms with E-state index >= 15 is 0 Å². The van der Waals surface area contributed by atoms with Crippen LogP contribution in [0.4, 0.5) is 0 Å². The van der Waals surface area contributed by atoms with Crippen LogP contribution < -0.4 is 11.1 Å². The summed E-state index contributed by atoms with van der Waals surface area (Å²) in [7, 11) is 0. The smallest absolute Gasteiger partial charge is 0.237 e. The van der Waals surface area contributed by atoms with Crippen molar-refractivity contribution >= 4 is 18.3 Å². The van der Waals surface area contributed by atoms with Gasteiger partial charge < -0.3 is 11.1 Å². The van der Waals surface area contributed by atoms with Gasteiger partial charge in [0.2, 0.25) is 5.91 Å². The number of hydrogen-bond donors (Lipinski definition) is 2. The Morgan fingerprint density at radius 1 is 1.33 bits per heavy atom. The maximum atomic E-state index is 12.6. The van der Waals surface area contributed by atoms with E-state index in [2.05, 4.69) is 48.3 Å². The number of carbonyl (C=O) groups excluding carboxylic acids is 1. The van der Waals surface area contributed by atoms with Crippen LogP contribution in [0.3, 0.4) is 0 Å². The summed E-state index contributed by atoms with van der Waals surface area (Å²) < 4.78 is 0. The lowest BCUT2D eigenvalue weighted by atomic mass is 9.90. The van der Waals surface area contributed by atoms with Gasteiger partial charge in [-0.15, -0.1) is 12.4 Å². The molecule has 136 valence electrons. The number of nitrogens with one attached hydrogen (secondary N) is 1. The van der Waals surface area contributed by atoms with Gasteiger partial charge in [0.15, 0.2) is 0 Å². The molecule has 1 aliphatic heterocycles. The summed E-state index contributed by atoms with van der Waals surface area (Å²) in [5.41, 5.74) is 8.48. The third kappa shape index (κ3) is 4.95. The molecule has 0 saturated carbocycles. The van der Waals surface area contributed by atoms with Gasteiger partial charge >= 0.3 is 0 Å². The Balaban J connectivity index is 0.00000288. The molecule has 1 fully saturated rings. The SMILES string of the molecule is CCc1ccc(C(C)NC(=O)C(C)N2CCC(C)(CN)C2)cc1.Cl. The molecular formula is C19H32ClN3O. The van der Waals surface area contributed by atoms with Crippen LogP contribution in [0.25, 0.3) is 0 Å². The highest BCUT2D eigenvalue weighted by atomic mass is 35.5. The third-order valence-electron chi connectivity index (χ3n) is 5.25. The van der Waals surface area contributed by atoms with Crippen LogP contribution in [-0.2, 0) is 11.2 Å². The molecular weight excluding hydrogens is 322 g/mol. The molecule has 1 aromatic rings. The minimum Gasteiger partial charge on any atom is -0.348 e. The fourth-order valence-electron chi connectivity index (χ4n) is 3.18. The molecule has 3 unspecified atom stereocenters. The molecule has 1 heterocycles. The van der Waals surface area contributed by atoms with Crippen LogP contribution in [0.15, 0.2) is 24.3 Å². The zero-order valence-electron chi connectivity index (χ0n) is 15.3. The Morgan fingerprint density at radius 3 is 2.46 bits per heavy atom. The molecule has 2 rings (SSSR count). The van der Waals surface area contributed by atoms with Crippen LogP contribution in [0, 0.1) is 5.41 Å². The first kappa shape index (κ1) is 20.9. The molecule has 0 bridgehead atoms. The fraction of sp³-hybridized carbons (Fsp3) is 0.632. The molecule has 5 heteroatoms. The average Bonchev–Trinajstić information content (AvgIpc) is 2.97. The molecule has 1 saturated heterocycles. The van der Waals surface area contributed by atoms with Gasteiger partial charge in [0, 0.05) is 6.54 Å². The highest BCUT2D eigenvalue weighted by Gasteiger charge is 2.36. The van der Waals surface area contributed by atoms with E-state index in [1.807, 2.05) is 13.8 Å². The molecule has 3 atom stereocenters. The third-order valence-corrected chi connectivity index (χ3v) is 5.25. The van der Waals surface area contributed by atoms with Gasteiger partial charge in [0.25, 0.3) is 0 Å². The van der Waals surface area contributed by atoms with Crippen molar-refractivity contribution in [2.45, 2.75) is 52.6 Å². The van der Waals surface area contributed by atoms with E-state index in [4.69, 9.17) is 5.73 Å². The summed E-state index contributed by atoms with van der Waals surface area (Å²) >= 11 is 0. The predicted octanol–water partition coefficient (Wildman–Crippen LogP) is 2.91. The number of aryl methyl sites for hydroxylation is 1. The Morgan fingerprint density at radius 2 is 1.96 bits per heavy atom. The molecule has 0 radical (unpaired) electrons. The molecule has 0 aromatic heterocycles. The number of amides is 1. The minimum absolute atomic E-state index is 0. The van der Waals surface area contributed by atoms with Crippen molar-refractivity contribution in [3.8, 4) is 0 Å². The quantitative estimate of drug-likeness (QED) is 0.826. The highest BCUT2D eigenvalue weighted by molar-refractivity contribution is 5.85. The summed E-state index contributed by atoms with van der Waals surface area (Å²) in [6.45, 7) is 10.9. The lowest BCUT2D eigenvalue weighted by Gasteiger charge is -2.27. The van der Waals surface area contributed by atoms with Gasteiger partial charge in [-0.3, -0.25) is 9.69 Å². The first-order valence-electron chi connectivity index (χ1n) is 8.72. The largest absolute Gasteiger partial charge is 0.348 e. The summed E-state index contributed by atoms with van der Waals surface area (Å²) in [5.74, 6) is 0.0957. The predicted molar refractivity (Wildman–Crippen MR) is 102 cm³/mol. The van der Waals surface area contributed by atoms with Crippen molar-refractivity contribution in [2.24, 2.45) is 11.1 Å². The molecule has 1 amide bonds. The van der Waals surface area contributed by atoms with Gasteiger partial charge in [-0.2, -0.15) is 0 Å². The van der Waals surface area contributed by atoms with Crippen LogP contribution in [-0.4, -0.2) is 36.5 Å². The van der Waals surface area contributed by atoms with Crippen molar-refractivity contribution in [3.05, 3.63) is 35.4 Å². The lowest BCUT2D eigenvalue weighted by molar-refractivity contribution is -0.126. The van der Waals surface area contributed by atoms with Crippen molar-refractivity contribution in [1.82, 2.24) is 10.2 Å². The standard InChI is InChI=1S/C19H31N3O.ClH/c1-5-16-6-8-17(9-7-16)14(2)21-18(23)15(3)22-11-10-19(4,12-20)13-22;/h6-9,14-15H,5,10-13,20H2,1-4H3,(H,21,23);1H. The van der Waals surface area contributed by atoms with E-state index in [1.54, 1.807) is 0 Å². The first-order valence-corrected chi connectivity index (χ1v) is 8.72. The first-order chi connectivity index (χ1) is 10.9. The number of rotatable bonds is 6. The van der Waals surface area contributed by atoms with E-state index in [9.17, 15) is 4.79 Å². The van der Waals surface area contributed by atoms with Crippen molar-refractivity contribution in [3.63, 3.8) is 0 Å². The van der Waals surface area contributed by atoms with Gasteiger partial charge in [0.1, 0.15) is 0 Å². The molecule has 0 spiro atoms. The molecule has 3 N–H and O–H groups in total. The molecule has 1 aromatic carbocycles. The number of carbonyl (C=O) groups is 1. The monoisotopic (exact) mass is 353 g/mol. The highest BCUT2D eigenvalue weighted by Crippen LogP contribution is 2.29. The Kier molecular flexibility index (Phi) is 7.71. The Hall–Kier alpha value is -1.10. The van der Waals surface area contributed by atoms with Gasteiger partial charge in [-0.25, -0.2) is 0 Å². The van der Waals surface area contributed by atoms with E-state index in [-0.39, 0.29) is 35.8 Å². The number of nitrogens with two attached hydrogens (primary N) is 1. The summed E-state index contributed by atoms with van der Waals surface area (Å²) in [5, 5.41) is 3.14. The van der Waals surface area contributed by atoms with Gasteiger partial charge in [0.05, 0.1) is 12.1 Å². The molecule has 0 aliphatic carbocycles. The average molecular weight is 354 g/mol.